The van der Waals surface area contributed by atoms with Crippen LogP contribution in [-0.2, 0) is 4.79 Å². The molecule has 5 heteroatoms. The van der Waals surface area contributed by atoms with E-state index in [1.807, 2.05) is 0 Å². The van der Waals surface area contributed by atoms with Gasteiger partial charge in [-0.05, 0) is 6.08 Å². The van der Waals surface area contributed by atoms with Crippen molar-refractivity contribution in [3.8, 4) is 0 Å². The molecule has 1 atom stereocenters. The summed E-state index contributed by atoms with van der Waals surface area (Å²) in [6.45, 7) is 0. The van der Waals surface area contributed by atoms with Gasteiger partial charge in [-0.2, -0.15) is 5.01 Å². The Morgan fingerprint density at radius 1 is 1.90 bits per heavy atom. The Morgan fingerprint density at radius 3 is 3.10 bits per heavy atom. The summed E-state index contributed by atoms with van der Waals surface area (Å²) in [6, 6.07) is 0.0667. The molecule has 0 saturated heterocycles. The van der Waals surface area contributed by atoms with Gasteiger partial charge < -0.3 is 5.11 Å². The van der Waals surface area contributed by atoms with Crippen LogP contribution in [-0.4, -0.2) is 28.3 Å². The van der Waals surface area contributed by atoms with Crippen molar-refractivity contribution in [1.29, 1.82) is 0 Å². The number of hydrazine groups is 1. The molecule has 2 N–H and O–H groups in total. The van der Waals surface area contributed by atoms with Gasteiger partial charge in [-0.1, -0.05) is 0 Å². The highest BCUT2D eigenvalue weighted by atomic mass is 35.5. The number of carbonyl (C=O) groups excluding carboxylic acids is 1. The van der Waals surface area contributed by atoms with Crippen molar-refractivity contribution in [3.63, 3.8) is 0 Å². The summed E-state index contributed by atoms with van der Waals surface area (Å²) in [5, 5.41) is 10.2. The van der Waals surface area contributed by atoms with Crippen molar-refractivity contribution in [3.05, 3.63) is 12.2 Å². The summed E-state index contributed by atoms with van der Waals surface area (Å²) in [5.41, 5.74) is 2.34. The van der Waals surface area contributed by atoms with E-state index in [9.17, 15) is 4.79 Å². The first-order valence-electron chi connectivity index (χ1n) is 2.73. The van der Waals surface area contributed by atoms with Gasteiger partial charge in [-0.15, -0.1) is 11.6 Å². The van der Waals surface area contributed by atoms with E-state index in [2.05, 4.69) is 5.43 Å². The first-order valence-corrected chi connectivity index (χ1v) is 3.27. The molecule has 0 aromatic carbocycles. The number of hydrogen-bond donors (Lipinski definition) is 2. The van der Waals surface area contributed by atoms with E-state index < -0.39 is 6.23 Å². The highest BCUT2D eigenvalue weighted by Crippen LogP contribution is 2.00. The van der Waals surface area contributed by atoms with Crippen LogP contribution in [0.25, 0.3) is 0 Å². The van der Waals surface area contributed by atoms with Crippen molar-refractivity contribution in [2.75, 3.05) is 6.00 Å². The minimum Gasteiger partial charge on any atom is -0.373 e. The van der Waals surface area contributed by atoms with Gasteiger partial charge in [-0.25, -0.2) is 0 Å². The van der Waals surface area contributed by atoms with Crippen LogP contribution in [0.4, 0.5) is 0 Å². The van der Waals surface area contributed by atoms with Gasteiger partial charge in [0.1, 0.15) is 6.23 Å². The first kappa shape index (κ1) is 7.53. The van der Waals surface area contributed by atoms with Crippen LogP contribution in [0.1, 0.15) is 0 Å². The molecule has 1 unspecified atom stereocenters. The van der Waals surface area contributed by atoms with Crippen molar-refractivity contribution < 1.29 is 9.90 Å². The Kier molecular flexibility index (Phi) is 2.26. The number of alkyl halides is 1. The zero-order chi connectivity index (χ0) is 7.56. The smallest absolute Gasteiger partial charge is 0.258 e. The molecule has 0 spiro atoms. The van der Waals surface area contributed by atoms with Crippen LogP contribution >= 0.6 is 11.6 Å². The molecule has 10 heavy (non-hydrogen) atoms. The maximum atomic E-state index is 10.6. The first-order chi connectivity index (χ1) is 4.74. The van der Waals surface area contributed by atoms with E-state index in [4.69, 9.17) is 16.7 Å². The van der Waals surface area contributed by atoms with Crippen LogP contribution in [0.2, 0.25) is 0 Å². The normalized spacial score (nSPS) is 26.6. The average Bonchev–Trinajstić information content (AvgIpc) is 1.94. The molecule has 0 fully saturated rings. The van der Waals surface area contributed by atoms with Crippen molar-refractivity contribution >= 4 is 17.5 Å². The van der Waals surface area contributed by atoms with E-state index >= 15 is 0 Å². The molecular formula is C5H7ClN2O2. The largest absolute Gasteiger partial charge is 0.373 e. The lowest BCUT2D eigenvalue weighted by Crippen LogP contribution is -2.49. The number of carbonyl (C=O) groups is 1. The van der Waals surface area contributed by atoms with Gasteiger partial charge in [0.15, 0.2) is 0 Å². The van der Waals surface area contributed by atoms with E-state index in [0.29, 0.717) is 0 Å². The van der Waals surface area contributed by atoms with Crippen LogP contribution in [0.3, 0.4) is 0 Å². The number of aliphatic hydroxyl groups is 1. The standard InChI is InChI=1S/C5H7ClN2O2/c6-3-8-5(10)2-1-4(9)7-8/h1-2,5,10H,3H2,(H,7,9). The lowest BCUT2D eigenvalue weighted by atomic mass is 10.4. The Hall–Kier alpha value is -0.580. The van der Waals surface area contributed by atoms with Gasteiger partial charge in [0.05, 0.1) is 6.00 Å². The lowest BCUT2D eigenvalue weighted by Gasteiger charge is -2.25. The summed E-state index contributed by atoms with van der Waals surface area (Å²) in [4.78, 5) is 10.6. The molecule has 1 amide bonds. The van der Waals surface area contributed by atoms with Crippen LogP contribution in [0.15, 0.2) is 12.2 Å². The van der Waals surface area contributed by atoms with E-state index in [1.54, 1.807) is 0 Å². The summed E-state index contributed by atoms with van der Waals surface area (Å²) in [5.74, 6) is -0.272. The molecule has 1 rings (SSSR count). The number of hydrogen-bond acceptors (Lipinski definition) is 3. The average molecular weight is 163 g/mol. The summed E-state index contributed by atoms with van der Waals surface area (Å²) >= 11 is 5.36. The van der Waals surface area contributed by atoms with Crippen LogP contribution < -0.4 is 5.43 Å². The third kappa shape index (κ3) is 1.47. The Labute approximate surface area is 63.0 Å². The fourth-order valence-corrected chi connectivity index (χ4v) is 0.824. The monoisotopic (exact) mass is 162 g/mol. The molecule has 0 radical (unpaired) electrons. The highest BCUT2D eigenvalue weighted by Gasteiger charge is 2.17. The number of nitrogens with one attached hydrogen (secondary N) is 1. The Bertz CT molecular complexity index is 171. The molecule has 0 aromatic rings. The zero-order valence-corrected chi connectivity index (χ0v) is 5.88. The SMILES string of the molecule is O=C1C=CC(O)N(CCl)N1. The molecule has 56 valence electrons. The second-order valence-corrected chi connectivity index (χ2v) is 2.08. The van der Waals surface area contributed by atoms with E-state index in [1.165, 1.54) is 17.2 Å². The van der Waals surface area contributed by atoms with Gasteiger partial charge in [0.25, 0.3) is 5.91 Å². The lowest BCUT2D eigenvalue weighted by molar-refractivity contribution is -0.126. The van der Waals surface area contributed by atoms with Crippen molar-refractivity contribution in [2.45, 2.75) is 6.23 Å². The van der Waals surface area contributed by atoms with Crippen molar-refractivity contribution in [1.82, 2.24) is 10.4 Å². The van der Waals surface area contributed by atoms with Crippen molar-refractivity contribution in [2.24, 2.45) is 0 Å². The molecule has 1 aliphatic heterocycles. The number of rotatable bonds is 1. The summed E-state index contributed by atoms with van der Waals surface area (Å²) in [6.07, 6.45) is 1.81. The van der Waals surface area contributed by atoms with E-state index in [0.717, 1.165) is 0 Å². The topological polar surface area (TPSA) is 52.6 Å². The second kappa shape index (κ2) is 3.01. The summed E-state index contributed by atoms with van der Waals surface area (Å²) in [7, 11) is 0. The third-order valence-electron chi connectivity index (χ3n) is 1.12. The van der Waals surface area contributed by atoms with Crippen LogP contribution in [0.5, 0.6) is 0 Å². The molecule has 4 nitrogen and oxygen atoms in total. The zero-order valence-electron chi connectivity index (χ0n) is 5.12. The highest BCUT2D eigenvalue weighted by molar-refractivity contribution is 6.17. The van der Waals surface area contributed by atoms with Gasteiger partial charge >= 0.3 is 0 Å². The maximum absolute atomic E-state index is 10.6. The molecule has 0 bridgehead atoms. The number of aliphatic hydroxyl groups excluding tert-OH is 1. The number of nitrogens with zero attached hydrogens (tertiary/aromatic N) is 1. The minimum atomic E-state index is -0.810. The maximum Gasteiger partial charge on any atom is 0.258 e. The fraction of sp³-hybridized carbons (Fsp3) is 0.400. The van der Waals surface area contributed by atoms with Gasteiger partial charge in [0.2, 0.25) is 0 Å². The fourth-order valence-electron chi connectivity index (χ4n) is 0.623. The Morgan fingerprint density at radius 2 is 2.60 bits per heavy atom. The minimum absolute atomic E-state index is 0.0667. The van der Waals surface area contributed by atoms with Gasteiger partial charge in [-0.3, -0.25) is 10.2 Å². The molecule has 0 aromatic heterocycles. The van der Waals surface area contributed by atoms with Gasteiger partial charge in [0, 0.05) is 6.08 Å². The number of halogens is 1. The molecule has 1 heterocycles. The van der Waals surface area contributed by atoms with Crippen LogP contribution in [0, 0.1) is 0 Å². The summed E-state index contributed by atoms with van der Waals surface area (Å²) < 4.78 is 0. The molecule has 0 aliphatic carbocycles. The molecule has 0 saturated carbocycles. The molecule has 1 aliphatic rings. The number of amides is 1. The quantitative estimate of drug-likeness (QED) is 0.400. The predicted octanol–water partition coefficient (Wildman–Crippen LogP) is -0.596. The van der Waals surface area contributed by atoms with E-state index in [-0.39, 0.29) is 11.9 Å². The Balaban J connectivity index is 2.62. The molecular weight excluding hydrogens is 156 g/mol. The third-order valence-corrected chi connectivity index (χ3v) is 1.38. The predicted molar refractivity (Wildman–Crippen MR) is 35.8 cm³/mol. The second-order valence-electron chi connectivity index (χ2n) is 1.84.